The number of benzene rings is 2. The minimum Gasteiger partial charge on any atom is -0.497 e. The van der Waals surface area contributed by atoms with Crippen LogP contribution >= 0.6 is 0 Å². The monoisotopic (exact) mass is 390 g/mol. The van der Waals surface area contributed by atoms with Gasteiger partial charge in [-0.2, -0.15) is 0 Å². The van der Waals surface area contributed by atoms with Crippen LogP contribution in [-0.4, -0.2) is 46.0 Å². The molecule has 3 atom stereocenters. The molecule has 3 N–H and O–H groups in total. The highest BCUT2D eigenvalue weighted by atomic mass is 32.2. The van der Waals surface area contributed by atoms with Crippen LogP contribution in [0.25, 0.3) is 0 Å². The van der Waals surface area contributed by atoms with Crippen LogP contribution in [0.5, 0.6) is 5.75 Å². The summed E-state index contributed by atoms with van der Waals surface area (Å²) in [4.78, 5) is 0.681. The number of nitrogens with zero attached hydrogens (tertiary/aromatic N) is 1. The predicted octanol–water partition coefficient (Wildman–Crippen LogP) is 2.61. The topological polar surface area (TPSA) is 75.8 Å². The number of rotatable bonds is 10. The highest BCUT2D eigenvalue weighted by molar-refractivity contribution is 7.82. The molecule has 0 fully saturated rings. The molecule has 6 heteroatoms. The van der Waals surface area contributed by atoms with Crippen LogP contribution in [0.2, 0.25) is 0 Å². The molecule has 0 aliphatic carbocycles. The third-order valence-electron chi connectivity index (χ3n) is 4.26. The minimum absolute atomic E-state index is 0.255. The van der Waals surface area contributed by atoms with E-state index in [2.05, 4.69) is 13.8 Å². The second kappa shape index (κ2) is 10.6. The molecule has 0 aromatic heterocycles. The summed E-state index contributed by atoms with van der Waals surface area (Å²) in [5.74, 6) is 1.03. The van der Waals surface area contributed by atoms with Crippen LogP contribution in [-0.2, 0) is 17.4 Å². The molecule has 1 unspecified atom stereocenters. The summed E-state index contributed by atoms with van der Waals surface area (Å²) in [7, 11) is 0.225. The summed E-state index contributed by atoms with van der Waals surface area (Å²) in [5.41, 5.74) is 7.29. The SMILES string of the molecule is COc1ccc(S(=O)N(CC(C)C)C[C@@H](O)[C@@H](N)Cc2ccccc2)cc1. The molecule has 148 valence electrons. The van der Waals surface area contributed by atoms with Gasteiger partial charge in [0.05, 0.1) is 18.1 Å². The fourth-order valence-corrected chi connectivity index (χ4v) is 4.21. The van der Waals surface area contributed by atoms with Crippen molar-refractivity contribution in [3.63, 3.8) is 0 Å². The number of ether oxygens (including phenoxy) is 1. The van der Waals surface area contributed by atoms with E-state index in [1.165, 1.54) is 0 Å². The van der Waals surface area contributed by atoms with Crippen molar-refractivity contribution in [1.82, 2.24) is 4.31 Å². The van der Waals surface area contributed by atoms with Crippen LogP contribution in [0.1, 0.15) is 19.4 Å². The third kappa shape index (κ3) is 6.74. The van der Waals surface area contributed by atoms with E-state index < -0.39 is 23.1 Å². The van der Waals surface area contributed by atoms with Crippen molar-refractivity contribution in [2.45, 2.75) is 37.3 Å². The first-order chi connectivity index (χ1) is 12.9. The first kappa shape index (κ1) is 21.6. The standard InChI is InChI=1S/C21H30N2O3S/c1-16(2)14-23(27(25)19-11-9-18(26-3)10-12-19)15-21(24)20(22)13-17-7-5-4-6-8-17/h4-12,16,20-21,24H,13-15,22H2,1-3H3/t20-,21+,27?/m0/s1. The van der Waals surface area contributed by atoms with Crippen molar-refractivity contribution in [2.24, 2.45) is 11.7 Å². The van der Waals surface area contributed by atoms with Gasteiger partial charge in [-0.25, -0.2) is 8.51 Å². The Labute approximate surface area is 164 Å². The number of hydrogen-bond acceptors (Lipinski definition) is 4. The van der Waals surface area contributed by atoms with Crippen LogP contribution in [0.3, 0.4) is 0 Å². The Morgan fingerprint density at radius 3 is 2.26 bits per heavy atom. The van der Waals surface area contributed by atoms with E-state index in [0.29, 0.717) is 23.8 Å². The van der Waals surface area contributed by atoms with E-state index in [1.807, 2.05) is 30.3 Å². The Bertz CT molecular complexity index is 707. The number of aliphatic hydroxyl groups is 1. The molecule has 2 aromatic rings. The summed E-state index contributed by atoms with van der Waals surface area (Å²) in [5, 5.41) is 10.6. The van der Waals surface area contributed by atoms with E-state index in [-0.39, 0.29) is 6.54 Å². The van der Waals surface area contributed by atoms with Gasteiger partial charge in [0.2, 0.25) is 0 Å². The fraction of sp³-hybridized carbons (Fsp3) is 0.429. The Balaban J connectivity index is 2.06. The summed E-state index contributed by atoms with van der Waals surface area (Å²) < 4.78 is 20.0. The maximum atomic E-state index is 13.0. The zero-order valence-electron chi connectivity index (χ0n) is 16.2. The lowest BCUT2D eigenvalue weighted by atomic mass is 10.0. The largest absolute Gasteiger partial charge is 0.497 e. The lowest BCUT2D eigenvalue weighted by Crippen LogP contribution is -2.46. The van der Waals surface area contributed by atoms with Gasteiger partial charge < -0.3 is 15.6 Å². The average molecular weight is 391 g/mol. The smallest absolute Gasteiger partial charge is 0.127 e. The lowest BCUT2D eigenvalue weighted by molar-refractivity contribution is 0.118. The van der Waals surface area contributed by atoms with E-state index in [4.69, 9.17) is 10.5 Å². The number of aliphatic hydroxyl groups excluding tert-OH is 1. The lowest BCUT2D eigenvalue weighted by Gasteiger charge is -2.28. The summed E-state index contributed by atoms with van der Waals surface area (Å²) in [6.45, 7) is 4.99. The van der Waals surface area contributed by atoms with Gasteiger partial charge in [0.25, 0.3) is 0 Å². The zero-order valence-corrected chi connectivity index (χ0v) is 17.1. The molecule has 0 saturated heterocycles. The molecular formula is C21H30N2O3S. The number of methoxy groups -OCH3 is 1. The molecule has 0 heterocycles. The van der Waals surface area contributed by atoms with Gasteiger partial charge in [-0.3, -0.25) is 0 Å². The third-order valence-corrected chi connectivity index (χ3v) is 5.71. The molecule has 0 amide bonds. The molecule has 0 aliphatic rings. The molecule has 2 aromatic carbocycles. The first-order valence-electron chi connectivity index (χ1n) is 9.19. The summed E-state index contributed by atoms with van der Waals surface area (Å²) in [6, 6.07) is 16.6. The van der Waals surface area contributed by atoms with Crippen molar-refractivity contribution in [2.75, 3.05) is 20.2 Å². The highest BCUT2D eigenvalue weighted by Gasteiger charge is 2.24. The van der Waals surface area contributed by atoms with Gasteiger partial charge in [0.1, 0.15) is 16.7 Å². The second-order valence-electron chi connectivity index (χ2n) is 7.09. The van der Waals surface area contributed by atoms with E-state index in [0.717, 1.165) is 11.3 Å². The number of hydrogen-bond donors (Lipinski definition) is 2. The van der Waals surface area contributed by atoms with E-state index in [9.17, 15) is 9.32 Å². The second-order valence-corrected chi connectivity index (χ2v) is 8.57. The van der Waals surface area contributed by atoms with Gasteiger partial charge in [-0.1, -0.05) is 44.2 Å². The normalized spacial score (nSPS) is 14.9. The van der Waals surface area contributed by atoms with Crippen molar-refractivity contribution >= 4 is 11.0 Å². The van der Waals surface area contributed by atoms with Crippen LogP contribution in [0.4, 0.5) is 0 Å². The molecule has 2 rings (SSSR count). The predicted molar refractivity (Wildman–Crippen MR) is 110 cm³/mol. The van der Waals surface area contributed by atoms with Gasteiger partial charge in [0, 0.05) is 19.1 Å². The van der Waals surface area contributed by atoms with Crippen LogP contribution < -0.4 is 10.5 Å². The maximum absolute atomic E-state index is 13.0. The summed E-state index contributed by atoms with van der Waals surface area (Å²) >= 11 is 0. The Morgan fingerprint density at radius 2 is 1.70 bits per heavy atom. The quantitative estimate of drug-likeness (QED) is 0.654. The van der Waals surface area contributed by atoms with Crippen LogP contribution in [0, 0.1) is 5.92 Å². The molecule has 0 aliphatic heterocycles. The molecule has 0 spiro atoms. The average Bonchev–Trinajstić information content (AvgIpc) is 2.67. The highest BCUT2D eigenvalue weighted by Crippen LogP contribution is 2.18. The van der Waals surface area contributed by atoms with Gasteiger partial charge in [0.15, 0.2) is 0 Å². The van der Waals surface area contributed by atoms with Crippen molar-refractivity contribution in [3.8, 4) is 5.75 Å². The summed E-state index contributed by atoms with van der Waals surface area (Å²) in [6.07, 6.45) is -0.196. The molecule has 0 saturated carbocycles. The van der Waals surface area contributed by atoms with Crippen LogP contribution in [0.15, 0.2) is 59.5 Å². The van der Waals surface area contributed by atoms with Crippen molar-refractivity contribution in [1.29, 1.82) is 0 Å². The molecule has 0 radical (unpaired) electrons. The number of nitrogens with two attached hydrogens (primary N) is 1. The Morgan fingerprint density at radius 1 is 1.07 bits per heavy atom. The van der Waals surface area contributed by atoms with Crippen molar-refractivity contribution < 1.29 is 14.1 Å². The van der Waals surface area contributed by atoms with Gasteiger partial charge in [-0.15, -0.1) is 0 Å². The maximum Gasteiger partial charge on any atom is 0.127 e. The fourth-order valence-electron chi connectivity index (χ4n) is 2.82. The van der Waals surface area contributed by atoms with Gasteiger partial charge >= 0.3 is 0 Å². The minimum atomic E-state index is -1.37. The van der Waals surface area contributed by atoms with E-state index in [1.54, 1.807) is 35.7 Å². The van der Waals surface area contributed by atoms with E-state index >= 15 is 0 Å². The molecule has 5 nitrogen and oxygen atoms in total. The van der Waals surface area contributed by atoms with Gasteiger partial charge in [-0.05, 0) is 42.2 Å². The Kier molecular flexibility index (Phi) is 8.44. The molecular weight excluding hydrogens is 360 g/mol. The zero-order chi connectivity index (χ0) is 19.8. The Hall–Kier alpha value is -1.73. The van der Waals surface area contributed by atoms with Crippen molar-refractivity contribution in [3.05, 3.63) is 60.2 Å². The molecule has 27 heavy (non-hydrogen) atoms. The molecule has 0 bridgehead atoms. The first-order valence-corrected chi connectivity index (χ1v) is 10.3.